The predicted octanol–water partition coefficient (Wildman–Crippen LogP) is 0.899. The van der Waals surface area contributed by atoms with Crippen LogP contribution in [0.5, 0.6) is 0 Å². The molecule has 3 nitrogen and oxygen atoms in total. The van der Waals surface area contributed by atoms with E-state index in [0.717, 1.165) is 6.42 Å². The second kappa shape index (κ2) is 4.45. The van der Waals surface area contributed by atoms with E-state index in [1.807, 2.05) is 6.92 Å². The largest absolute Gasteiger partial charge is 0.358 e. The van der Waals surface area contributed by atoms with Crippen LogP contribution in [0, 0.1) is 0 Å². The van der Waals surface area contributed by atoms with Gasteiger partial charge in [0, 0.05) is 12.6 Å². The van der Waals surface area contributed by atoms with Crippen molar-refractivity contribution in [2.45, 2.75) is 45.7 Å². The molecule has 0 saturated carbocycles. The Labute approximate surface area is 74.9 Å². The van der Waals surface area contributed by atoms with Crippen LogP contribution in [0.1, 0.15) is 34.1 Å². The quantitative estimate of drug-likeness (QED) is 0.664. The van der Waals surface area contributed by atoms with Crippen molar-refractivity contribution in [3.63, 3.8) is 0 Å². The van der Waals surface area contributed by atoms with Gasteiger partial charge in [-0.2, -0.15) is 0 Å². The van der Waals surface area contributed by atoms with Crippen molar-refractivity contribution in [2.75, 3.05) is 7.05 Å². The summed E-state index contributed by atoms with van der Waals surface area (Å²) < 4.78 is 0. The molecule has 0 aromatic rings. The van der Waals surface area contributed by atoms with Gasteiger partial charge in [0.15, 0.2) is 0 Å². The van der Waals surface area contributed by atoms with Gasteiger partial charge >= 0.3 is 0 Å². The van der Waals surface area contributed by atoms with E-state index >= 15 is 0 Å². The summed E-state index contributed by atoms with van der Waals surface area (Å²) in [7, 11) is 1.66. The molecule has 12 heavy (non-hydrogen) atoms. The number of likely N-dealkylation sites (N-methyl/N-ethyl adjacent to an activating group) is 1. The van der Waals surface area contributed by atoms with Crippen LogP contribution in [-0.4, -0.2) is 24.5 Å². The van der Waals surface area contributed by atoms with E-state index in [1.165, 1.54) is 0 Å². The summed E-state index contributed by atoms with van der Waals surface area (Å²) in [5.41, 5.74) is -0.00676. The Bertz CT molecular complexity index is 149. The predicted molar refractivity (Wildman–Crippen MR) is 51.0 cm³/mol. The third-order valence-corrected chi connectivity index (χ3v) is 1.58. The molecule has 0 spiro atoms. The molecule has 0 aromatic heterocycles. The third-order valence-electron chi connectivity index (χ3n) is 1.58. The lowest BCUT2D eigenvalue weighted by Gasteiger charge is -2.26. The molecule has 0 heterocycles. The van der Waals surface area contributed by atoms with Crippen molar-refractivity contribution in [3.05, 3.63) is 0 Å². The zero-order valence-corrected chi connectivity index (χ0v) is 8.69. The molecular weight excluding hydrogens is 152 g/mol. The second-order valence-electron chi connectivity index (χ2n) is 3.97. The summed E-state index contributed by atoms with van der Waals surface area (Å²) in [6, 6.07) is -0.0741. The maximum atomic E-state index is 11.2. The molecule has 0 aliphatic rings. The first-order valence-corrected chi connectivity index (χ1v) is 4.40. The third kappa shape index (κ3) is 4.34. The first kappa shape index (κ1) is 11.4. The Hall–Kier alpha value is -0.570. The minimum absolute atomic E-state index is 0.00676. The minimum atomic E-state index is -0.0741. The number of carbonyl (C=O) groups excluding carboxylic acids is 1. The highest BCUT2D eigenvalue weighted by Gasteiger charge is 2.20. The van der Waals surface area contributed by atoms with Gasteiger partial charge in [-0.1, -0.05) is 6.92 Å². The van der Waals surface area contributed by atoms with Crippen LogP contribution in [0.15, 0.2) is 0 Å². The smallest absolute Gasteiger partial charge is 0.236 e. The van der Waals surface area contributed by atoms with Gasteiger partial charge in [0.2, 0.25) is 5.91 Å². The highest BCUT2D eigenvalue weighted by Crippen LogP contribution is 2.03. The molecule has 0 fully saturated rings. The lowest BCUT2D eigenvalue weighted by molar-refractivity contribution is -0.123. The molecule has 0 rings (SSSR count). The fourth-order valence-electron chi connectivity index (χ4n) is 1.05. The van der Waals surface area contributed by atoms with Gasteiger partial charge in [-0.3, -0.25) is 4.79 Å². The van der Waals surface area contributed by atoms with Gasteiger partial charge < -0.3 is 10.6 Å². The zero-order valence-electron chi connectivity index (χ0n) is 8.69. The Morgan fingerprint density at radius 2 is 1.92 bits per heavy atom. The van der Waals surface area contributed by atoms with Gasteiger partial charge in [-0.05, 0) is 27.2 Å². The van der Waals surface area contributed by atoms with Crippen molar-refractivity contribution >= 4 is 5.91 Å². The average molecular weight is 172 g/mol. The fourth-order valence-corrected chi connectivity index (χ4v) is 1.05. The number of rotatable bonds is 3. The highest BCUT2D eigenvalue weighted by atomic mass is 16.2. The van der Waals surface area contributed by atoms with Gasteiger partial charge in [0.25, 0.3) is 0 Å². The molecule has 2 N–H and O–H groups in total. The van der Waals surface area contributed by atoms with Crippen LogP contribution in [0.3, 0.4) is 0 Å². The SMILES string of the molecule is CCC(NC(C)(C)C)C(=O)NC. The molecule has 0 radical (unpaired) electrons. The van der Waals surface area contributed by atoms with Crippen molar-refractivity contribution < 1.29 is 4.79 Å². The van der Waals surface area contributed by atoms with Crippen molar-refractivity contribution in [1.29, 1.82) is 0 Å². The van der Waals surface area contributed by atoms with Gasteiger partial charge in [0.05, 0.1) is 6.04 Å². The standard InChI is InChI=1S/C9H20N2O/c1-6-7(8(12)10-5)11-9(2,3)4/h7,11H,6H2,1-5H3,(H,10,12). The monoisotopic (exact) mass is 172 g/mol. The minimum Gasteiger partial charge on any atom is -0.358 e. The Kier molecular flexibility index (Phi) is 4.24. The topological polar surface area (TPSA) is 41.1 Å². The number of carbonyl (C=O) groups is 1. The molecule has 1 unspecified atom stereocenters. The molecule has 0 aromatic carbocycles. The van der Waals surface area contributed by atoms with Crippen LogP contribution >= 0.6 is 0 Å². The fraction of sp³-hybridized carbons (Fsp3) is 0.889. The molecular formula is C9H20N2O. The summed E-state index contributed by atoms with van der Waals surface area (Å²) in [4.78, 5) is 11.2. The van der Waals surface area contributed by atoms with E-state index in [-0.39, 0.29) is 17.5 Å². The Morgan fingerprint density at radius 3 is 2.17 bits per heavy atom. The normalized spacial score (nSPS) is 14.1. The van der Waals surface area contributed by atoms with E-state index < -0.39 is 0 Å². The van der Waals surface area contributed by atoms with Crippen molar-refractivity contribution in [3.8, 4) is 0 Å². The molecule has 0 bridgehead atoms. The molecule has 0 aliphatic carbocycles. The first-order valence-electron chi connectivity index (χ1n) is 4.40. The van der Waals surface area contributed by atoms with Crippen LogP contribution in [-0.2, 0) is 4.79 Å². The number of amides is 1. The van der Waals surface area contributed by atoms with E-state index in [1.54, 1.807) is 7.05 Å². The summed E-state index contributed by atoms with van der Waals surface area (Å²) in [5, 5.41) is 5.88. The number of nitrogens with one attached hydrogen (secondary N) is 2. The average Bonchev–Trinajstić information content (AvgIpc) is 1.97. The van der Waals surface area contributed by atoms with Crippen LogP contribution < -0.4 is 10.6 Å². The molecule has 0 aliphatic heterocycles. The number of hydrogen-bond acceptors (Lipinski definition) is 2. The van der Waals surface area contributed by atoms with Crippen LogP contribution in [0.4, 0.5) is 0 Å². The molecule has 3 heteroatoms. The lowest BCUT2D eigenvalue weighted by atomic mass is 10.1. The van der Waals surface area contributed by atoms with Gasteiger partial charge in [-0.15, -0.1) is 0 Å². The summed E-state index contributed by atoms with van der Waals surface area (Å²) in [5.74, 6) is 0.0624. The molecule has 72 valence electrons. The maximum absolute atomic E-state index is 11.2. The van der Waals surface area contributed by atoms with Crippen LogP contribution in [0.2, 0.25) is 0 Å². The highest BCUT2D eigenvalue weighted by molar-refractivity contribution is 5.81. The Balaban J connectivity index is 4.09. The second-order valence-corrected chi connectivity index (χ2v) is 3.97. The lowest BCUT2D eigenvalue weighted by Crippen LogP contribution is -2.50. The molecule has 1 amide bonds. The van der Waals surface area contributed by atoms with Crippen molar-refractivity contribution in [1.82, 2.24) is 10.6 Å². The summed E-state index contributed by atoms with van der Waals surface area (Å²) in [6.07, 6.45) is 0.816. The van der Waals surface area contributed by atoms with E-state index in [2.05, 4.69) is 31.4 Å². The molecule has 0 saturated heterocycles. The van der Waals surface area contributed by atoms with E-state index in [0.29, 0.717) is 0 Å². The van der Waals surface area contributed by atoms with Crippen LogP contribution in [0.25, 0.3) is 0 Å². The number of hydrogen-bond donors (Lipinski definition) is 2. The van der Waals surface area contributed by atoms with E-state index in [9.17, 15) is 4.79 Å². The Morgan fingerprint density at radius 1 is 1.42 bits per heavy atom. The van der Waals surface area contributed by atoms with E-state index in [4.69, 9.17) is 0 Å². The zero-order chi connectivity index (χ0) is 9.78. The molecule has 1 atom stereocenters. The van der Waals surface area contributed by atoms with Gasteiger partial charge in [-0.25, -0.2) is 0 Å². The summed E-state index contributed by atoms with van der Waals surface area (Å²) >= 11 is 0. The first-order chi connectivity index (χ1) is 5.40. The van der Waals surface area contributed by atoms with Gasteiger partial charge in [0.1, 0.15) is 0 Å². The maximum Gasteiger partial charge on any atom is 0.236 e. The van der Waals surface area contributed by atoms with Crippen molar-refractivity contribution in [2.24, 2.45) is 0 Å². The summed E-state index contributed by atoms with van der Waals surface area (Å²) in [6.45, 7) is 8.16.